The van der Waals surface area contributed by atoms with E-state index in [1.165, 1.54) is 0 Å². The summed E-state index contributed by atoms with van der Waals surface area (Å²) in [5, 5.41) is 7.10. The highest BCUT2D eigenvalue weighted by atomic mass is 16.5. The zero-order valence-electron chi connectivity index (χ0n) is 18.4. The van der Waals surface area contributed by atoms with Gasteiger partial charge in [-0.3, -0.25) is 0 Å². The molecule has 2 aliphatic heterocycles. The zero-order chi connectivity index (χ0) is 22.1. The predicted molar refractivity (Wildman–Crippen MR) is 123 cm³/mol. The molecule has 0 radical (unpaired) electrons. The van der Waals surface area contributed by atoms with Gasteiger partial charge >= 0.3 is 0 Å². The minimum absolute atomic E-state index is 0.0818. The van der Waals surface area contributed by atoms with E-state index in [2.05, 4.69) is 11.1 Å². The number of para-hydroxylation sites is 1. The Morgan fingerprint density at radius 1 is 0.969 bits per heavy atom. The van der Waals surface area contributed by atoms with Crippen LogP contribution in [-0.2, 0) is 0 Å². The van der Waals surface area contributed by atoms with Crippen LogP contribution in [0, 0.1) is 0 Å². The summed E-state index contributed by atoms with van der Waals surface area (Å²) < 4.78 is 23.0. The molecule has 6 nitrogen and oxygen atoms in total. The zero-order valence-corrected chi connectivity index (χ0v) is 18.4. The van der Waals surface area contributed by atoms with Gasteiger partial charge in [-0.2, -0.15) is 5.10 Å². The van der Waals surface area contributed by atoms with Gasteiger partial charge in [0.2, 0.25) is 6.23 Å². The number of hydrogen-bond acceptors (Lipinski definition) is 6. The quantitative estimate of drug-likeness (QED) is 0.528. The third kappa shape index (κ3) is 3.51. The summed E-state index contributed by atoms with van der Waals surface area (Å²) in [4.78, 5) is 0. The molecular formula is C26H26N2O4. The van der Waals surface area contributed by atoms with Gasteiger partial charge in [0.1, 0.15) is 23.0 Å². The monoisotopic (exact) mass is 430 g/mol. The van der Waals surface area contributed by atoms with Gasteiger partial charge in [-0.1, -0.05) is 18.2 Å². The highest BCUT2D eigenvalue weighted by molar-refractivity contribution is 6.04. The molecule has 3 aromatic rings. The number of nitrogens with zero attached hydrogens (tertiary/aromatic N) is 2. The molecule has 3 aromatic carbocycles. The fourth-order valence-corrected chi connectivity index (χ4v) is 4.35. The van der Waals surface area contributed by atoms with Gasteiger partial charge in [-0.05, 0) is 49.4 Å². The van der Waals surface area contributed by atoms with Crippen molar-refractivity contribution in [1.29, 1.82) is 0 Å². The number of benzene rings is 3. The fourth-order valence-electron chi connectivity index (χ4n) is 4.35. The molecule has 0 amide bonds. The Kier molecular flexibility index (Phi) is 5.35. The van der Waals surface area contributed by atoms with Crippen LogP contribution in [0.5, 0.6) is 23.0 Å². The van der Waals surface area contributed by atoms with Gasteiger partial charge in [0, 0.05) is 29.2 Å². The summed E-state index contributed by atoms with van der Waals surface area (Å²) in [5.74, 6) is 3.24. The second-order valence-electron chi connectivity index (χ2n) is 7.72. The third-order valence-corrected chi connectivity index (χ3v) is 5.89. The predicted octanol–water partition coefficient (Wildman–Crippen LogP) is 5.34. The summed E-state index contributed by atoms with van der Waals surface area (Å²) in [6, 6.07) is 22.2. The number of hydrazone groups is 1. The number of fused-ring (bicyclic) bond motifs is 3. The Hall–Kier alpha value is -3.67. The summed E-state index contributed by atoms with van der Waals surface area (Å²) in [7, 11) is 3.32. The lowest BCUT2D eigenvalue weighted by Gasteiger charge is -2.38. The minimum Gasteiger partial charge on any atom is -0.497 e. The van der Waals surface area contributed by atoms with E-state index >= 15 is 0 Å². The maximum Gasteiger partial charge on any atom is 0.213 e. The third-order valence-electron chi connectivity index (χ3n) is 5.89. The van der Waals surface area contributed by atoms with E-state index < -0.39 is 0 Å². The summed E-state index contributed by atoms with van der Waals surface area (Å²) in [5.41, 5.74) is 4.09. The second-order valence-corrected chi connectivity index (χ2v) is 7.72. The van der Waals surface area contributed by atoms with Crippen molar-refractivity contribution in [3.63, 3.8) is 0 Å². The van der Waals surface area contributed by atoms with Gasteiger partial charge < -0.3 is 18.9 Å². The van der Waals surface area contributed by atoms with Crippen LogP contribution in [0.2, 0.25) is 0 Å². The normalized spacial score (nSPS) is 18.8. The molecule has 0 aliphatic carbocycles. The molecular weight excluding hydrogens is 404 g/mol. The van der Waals surface area contributed by atoms with Crippen LogP contribution in [0.3, 0.4) is 0 Å². The van der Waals surface area contributed by atoms with E-state index in [0.717, 1.165) is 51.8 Å². The smallest absolute Gasteiger partial charge is 0.213 e. The second kappa shape index (κ2) is 8.46. The van der Waals surface area contributed by atoms with Crippen molar-refractivity contribution in [3.05, 3.63) is 83.4 Å². The standard InChI is InChI=1S/C26H26N2O4/c1-4-31-18-11-9-17(10-12-18)26-28-23(21-7-5-6-8-24(21)32-26)16-22(27-28)20-14-13-19(29-2)15-25(20)30-3/h5-15,23,26H,4,16H2,1-3H3/t23-,26+/m0/s1. The average molecular weight is 431 g/mol. The molecule has 2 aliphatic rings. The van der Waals surface area contributed by atoms with Crippen LogP contribution in [0.1, 0.15) is 42.3 Å². The molecule has 0 saturated carbocycles. The van der Waals surface area contributed by atoms with Crippen LogP contribution in [0.4, 0.5) is 0 Å². The van der Waals surface area contributed by atoms with Gasteiger partial charge in [0.25, 0.3) is 0 Å². The largest absolute Gasteiger partial charge is 0.497 e. The molecule has 0 spiro atoms. The molecule has 6 heteroatoms. The maximum absolute atomic E-state index is 6.44. The van der Waals surface area contributed by atoms with E-state index in [4.69, 9.17) is 24.0 Å². The van der Waals surface area contributed by atoms with Gasteiger partial charge in [0.05, 0.1) is 32.6 Å². The number of ether oxygens (including phenoxy) is 4. The molecule has 0 fully saturated rings. The van der Waals surface area contributed by atoms with Gasteiger partial charge in [-0.25, -0.2) is 5.01 Å². The summed E-state index contributed by atoms with van der Waals surface area (Å²) >= 11 is 0. The van der Waals surface area contributed by atoms with Crippen LogP contribution >= 0.6 is 0 Å². The van der Waals surface area contributed by atoms with Crippen molar-refractivity contribution < 1.29 is 18.9 Å². The van der Waals surface area contributed by atoms with Crippen molar-refractivity contribution in [3.8, 4) is 23.0 Å². The van der Waals surface area contributed by atoms with Crippen LogP contribution in [0.15, 0.2) is 71.8 Å². The Morgan fingerprint density at radius 2 is 1.75 bits per heavy atom. The van der Waals surface area contributed by atoms with Gasteiger partial charge in [0.15, 0.2) is 0 Å². The molecule has 0 unspecified atom stereocenters. The average Bonchev–Trinajstić information content (AvgIpc) is 3.29. The number of methoxy groups -OCH3 is 2. The molecule has 0 N–H and O–H groups in total. The van der Waals surface area contributed by atoms with Crippen molar-refractivity contribution in [1.82, 2.24) is 5.01 Å². The SMILES string of the molecule is CCOc1ccc([C@H]2Oc3ccccc3[C@@H]3CC(c4ccc(OC)cc4OC)=NN23)cc1. The van der Waals surface area contributed by atoms with Crippen molar-refractivity contribution in [2.45, 2.75) is 25.6 Å². The first-order chi connectivity index (χ1) is 15.7. The summed E-state index contributed by atoms with van der Waals surface area (Å²) in [6.45, 7) is 2.62. The number of hydrogen-bond donors (Lipinski definition) is 0. The van der Waals surface area contributed by atoms with E-state index in [1.807, 2.05) is 67.6 Å². The highest BCUT2D eigenvalue weighted by Gasteiger charge is 2.41. The van der Waals surface area contributed by atoms with E-state index in [1.54, 1.807) is 14.2 Å². The Labute approximate surface area is 188 Å². The summed E-state index contributed by atoms with van der Waals surface area (Å²) in [6.07, 6.45) is 0.434. The molecule has 0 saturated heterocycles. The highest BCUT2D eigenvalue weighted by Crippen LogP contribution is 2.48. The Bertz CT molecular complexity index is 1140. The van der Waals surface area contributed by atoms with Crippen molar-refractivity contribution in [2.75, 3.05) is 20.8 Å². The lowest BCUT2D eigenvalue weighted by atomic mass is 9.95. The molecule has 2 atom stereocenters. The topological polar surface area (TPSA) is 52.5 Å². The first-order valence-corrected chi connectivity index (χ1v) is 10.8. The molecule has 5 rings (SSSR count). The molecule has 164 valence electrons. The fraction of sp³-hybridized carbons (Fsp3) is 0.269. The van der Waals surface area contributed by atoms with Crippen LogP contribution in [-0.4, -0.2) is 31.5 Å². The van der Waals surface area contributed by atoms with Crippen LogP contribution < -0.4 is 18.9 Å². The van der Waals surface area contributed by atoms with Crippen LogP contribution in [0.25, 0.3) is 0 Å². The molecule has 0 bridgehead atoms. The first kappa shape index (κ1) is 20.2. The Balaban J connectivity index is 1.55. The molecule has 32 heavy (non-hydrogen) atoms. The van der Waals surface area contributed by atoms with Gasteiger partial charge in [-0.15, -0.1) is 0 Å². The van der Waals surface area contributed by atoms with E-state index in [0.29, 0.717) is 6.61 Å². The lowest BCUT2D eigenvalue weighted by molar-refractivity contribution is -0.0190. The van der Waals surface area contributed by atoms with Crippen molar-refractivity contribution in [2.24, 2.45) is 5.10 Å². The van der Waals surface area contributed by atoms with E-state index in [9.17, 15) is 0 Å². The van der Waals surface area contributed by atoms with E-state index in [-0.39, 0.29) is 12.3 Å². The lowest BCUT2D eigenvalue weighted by Crippen LogP contribution is -2.33. The van der Waals surface area contributed by atoms with Crippen molar-refractivity contribution >= 4 is 5.71 Å². The minimum atomic E-state index is -0.327. The molecule has 2 heterocycles. The Morgan fingerprint density at radius 3 is 2.50 bits per heavy atom. The maximum atomic E-state index is 6.44. The first-order valence-electron chi connectivity index (χ1n) is 10.8. The number of rotatable bonds is 6. The molecule has 0 aromatic heterocycles.